The number of rotatable bonds is 5. The van der Waals surface area contributed by atoms with E-state index in [2.05, 4.69) is 6.92 Å². The predicted octanol–water partition coefficient (Wildman–Crippen LogP) is 1.60. The molecule has 1 heterocycles. The molecule has 92 valence electrons. The molecule has 0 unspecified atom stereocenters. The van der Waals surface area contributed by atoms with E-state index in [0.29, 0.717) is 18.7 Å². The maximum Gasteiger partial charge on any atom is 0.326 e. The van der Waals surface area contributed by atoms with E-state index in [4.69, 9.17) is 5.11 Å². The number of carbonyl (C=O) groups excluding carboxylic acids is 1. The normalized spacial score (nSPS) is 20.8. The van der Waals surface area contributed by atoms with Crippen LogP contribution < -0.4 is 0 Å². The van der Waals surface area contributed by atoms with Gasteiger partial charge in [0.25, 0.3) is 0 Å². The zero-order valence-corrected chi connectivity index (χ0v) is 10.5. The summed E-state index contributed by atoms with van der Waals surface area (Å²) in [7, 11) is 0. The highest BCUT2D eigenvalue weighted by Crippen LogP contribution is 2.18. The molecule has 1 atom stereocenters. The van der Waals surface area contributed by atoms with Crippen LogP contribution in [-0.4, -0.2) is 46.0 Å². The minimum Gasteiger partial charge on any atom is -0.480 e. The Balaban J connectivity index is 2.47. The zero-order chi connectivity index (χ0) is 12.0. The van der Waals surface area contributed by atoms with Crippen molar-refractivity contribution >= 4 is 23.6 Å². The summed E-state index contributed by atoms with van der Waals surface area (Å²) in [5.41, 5.74) is 0. The van der Waals surface area contributed by atoms with Crippen LogP contribution in [0.2, 0.25) is 0 Å². The molecule has 1 aliphatic heterocycles. The Bertz CT molecular complexity index is 258. The van der Waals surface area contributed by atoms with Crippen LogP contribution in [0.5, 0.6) is 0 Å². The summed E-state index contributed by atoms with van der Waals surface area (Å²) in [6.45, 7) is 2.67. The minimum absolute atomic E-state index is 0.0226. The third-order valence-electron chi connectivity index (χ3n) is 2.68. The summed E-state index contributed by atoms with van der Waals surface area (Å²) in [5, 5.41) is 9.03. The van der Waals surface area contributed by atoms with Crippen LogP contribution in [0.1, 0.15) is 32.6 Å². The van der Waals surface area contributed by atoms with Gasteiger partial charge in [0.1, 0.15) is 6.04 Å². The van der Waals surface area contributed by atoms with Crippen molar-refractivity contribution in [1.82, 2.24) is 4.90 Å². The molecule has 0 aliphatic carbocycles. The van der Waals surface area contributed by atoms with Gasteiger partial charge < -0.3 is 10.0 Å². The maximum absolute atomic E-state index is 11.8. The Morgan fingerprint density at radius 3 is 2.81 bits per heavy atom. The Morgan fingerprint density at radius 2 is 2.19 bits per heavy atom. The van der Waals surface area contributed by atoms with Crippen molar-refractivity contribution in [1.29, 1.82) is 0 Å². The summed E-state index contributed by atoms with van der Waals surface area (Å²) in [5.74, 6) is 0.480. The fraction of sp³-hybridized carbons (Fsp3) is 0.818. The van der Waals surface area contributed by atoms with Gasteiger partial charge in [0.2, 0.25) is 5.91 Å². The molecule has 1 fully saturated rings. The van der Waals surface area contributed by atoms with Crippen molar-refractivity contribution in [2.24, 2.45) is 0 Å². The van der Waals surface area contributed by atoms with E-state index in [1.165, 1.54) is 4.90 Å². The molecule has 4 nitrogen and oxygen atoms in total. The van der Waals surface area contributed by atoms with Crippen LogP contribution in [0, 0.1) is 0 Å². The fourth-order valence-electron chi connectivity index (χ4n) is 1.87. The summed E-state index contributed by atoms with van der Waals surface area (Å²) in [6.07, 6.45) is 3.47. The van der Waals surface area contributed by atoms with E-state index in [0.717, 1.165) is 25.0 Å². The average Bonchev–Trinajstić information content (AvgIpc) is 2.29. The number of carboxylic acids is 1. The second kappa shape index (κ2) is 6.78. The van der Waals surface area contributed by atoms with Crippen LogP contribution in [0.3, 0.4) is 0 Å². The van der Waals surface area contributed by atoms with E-state index in [1.807, 2.05) is 0 Å². The van der Waals surface area contributed by atoms with Gasteiger partial charge in [-0.2, -0.15) is 11.8 Å². The smallest absolute Gasteiger partial charge is 0.326 e. The van der Waals surface area contributed by atoms with Crippen LogP contribution >= 0.6 is 11.8 Å². The van der Waals surface area contributed by atoms with Crippen molar-refractivity contribution in [2.75, 3.05) is 18.1 Å². The topological polar surface area (TPSA) is 57.6 Å². The second-order valence-electron chi connectivity index (χ2n) is 3.99. The van der Waals surface area contributed by atoms with Crippen molar-refractivity contribution in [2.45, 2.75) is 38.6 Å². The van der Waals surface area contributed by atoms with Gasteiger partial charge in [-0.25, -0.2) is 4.79 Å². The minimum atomic E-state index is -0.867. The second-order valence-corrected chi connectivity index (χ2v) is 5.09. The number of hydrogen-bond acceptors (Lipinski definition) is 3. The van der Waals surface area contributed by atoms with Gasteiger partial charge in [-0.1, -0.05) is 6.92 Å². The largest absolute Gasteiger partial charge is 0.480 e. The molecule has 0 aromatic rings. The number of thioether (sulfide) groups is 1. The summed E-state index contributed by atoms with van der Waals surface area (Å²) in [4.78, 5) is 24.4. The van der Waals surface area contributed by atoms with Crippen LogP contribution in [0.25, 0.3) is 0 Å². The Morgan fingerprint density at radius 1 is 1.44 bits per heavy atom. The number of carboxylic acid groups (broad SMARTS) is 1. The van der Waals surface area contributed by atoms with Crippen LogP contribution in [0.4, 0.5) is 0 Å². The molecule has 1 saturated heterocycles. The molecule has 0 aromatic heterocycles. The molecule has 1 N–H and O–H groups in total. The molecular formula is C11H19NO3S. The highest BCUT2D eigenvalue weighted by molar-refractivity contribution is 7.99. The van der Waals surface area contributed by atoms with E-state index in [1.54, 1.807) is 11.8 Å². The number of likely N-dealkylation sites (tertiary alicyclic amines) is 1. The number of nitrogens with zero attached hydrogens (tertiary/aromatic N) is 1. The molecule has 0 bridgehead atoms. The van der Waals surface area contributed by atoms with Crippen molar-refractivity contribution in [3.05, 3.63) is 0 Å². The summed E-state index contributed by atoms with van der Waals surface area (Å²) >= 11 is 1.58. The van der Waals surface area contributed by atoms with Crippen LogP contribution in [0.15, 0.2) is 0 Å². The standard InChI is InChI=1S/C11H19NO3S/c1-2-7-16-8-10(13)12-6-4-3-5-9(12)11(14)15/h9H,2-8H2,1H3,(H,14,15)/t9-/m1/s1. The monoisotopic (exact) mass is 245 g/mol. The van der Waals surface area contributed by atoms with Gasteiger partial charge in [0.05, 0.1) is 5.75 Å². The van der Waals surface area contributed by atoms with Gasteiger partial charge in [-0.05, 0) is 31.4 Å². The third-order valence-corrected chi connectivity index (χ3v) is 3.83. The summed E-state index contributed by atoms with van der Waals surface area (Å²) in [6, 6.07) is -0.594. The molecule has 0 aromatic carbocycles. The predicted molar refractivity (Wildman–Crippen MR) is 64.6 cm³/mol. The molecule has 16 heavy (non-hydrogen) atoms. The lowest BCUT2D eigenvalue weighted by Crippen LogP contribution is -2.48. The molecular weight excluding hydrogens is 226 g/mol. The number of hydrogen-bond donors (Lipinski definition) is 1. The first-order chi connectivity index (χ1) is 7.66. The first kappa shape index (κ1) is 13.4. The SMILES string of the molecule is CCCSCC(=O)N1CCCC[C@@H]1C(=O)O. The lowest BCUT2D eigenvalue weighted by molar-refractivity contribution is -0.150. The first-order valence-electron chi connectivity index (χ1n) is 5.76. The fourth-order valence-corrected chi connectivity index (χ4v) is 2.65. The quantitative estimate of drug-likeness (QED) is 0.747. The molecule has 5 heteroatoms. The number of amides is 1. The Hall–Kier alpha value is -0.710. The lowest BCUT2D eigenvalue weighted by Gasteiger charge is -2.32. The Kier molecular flexibility index (Phi) is 5.66. The lowest BCUT2D eigenvalue weighted by atomic mass is 10.0. The van der Waals surface area contributed by atoms with E-state index >= 15 is 0 Å². The molecule has 0 radical (unpaired) electrons. The van der Waals surface area contributed by atoms with Crippen molar-refractivity contribution in [3.63, 3.8) is 0 Å². The number of carbonyl (C=O) groups is 2. The highest BCUT2D eigenvalue weighted by atomic mass is 32.2. The van der Waals surface area contributed by atoms with Crippen LogP contribution in [-0.2, 0) is 9.59 Å². The van der Waals surface area contributed by atoms with E-state index in [-0.39, 0.29) is 5.91 Å². The zero-order valence-electron chi connectivity index (χ0n) is 9.65. The van der Waals surface area contributed by atoms with E-state index in [9.17, 15) is 9.59 Å². The molecule has 0 saturated carbocycles. The average molecular weight is 245 g/mol. The maximum atomic E-state index is 11.8. The molecule has 1 rings (SSSR count). The number of aliphatic carboxylic acids is 1. The number of piperidine rings is 1. The third kappa shape index (κ3) is 3.70. The van der Waals surface area contributed by atoms with Crippen molar-refractivity contribution in [3.8, 4) is 0 Å². The molecule has 1 aliphatic rings. The van der Waals surface area contributed by atoms with Gasteiger partial charge in [0, 0.05) is 6.54 Å². The highest BCUT2D eigenvalue weighted by Gasteiger charge is 2.31. The van der Waals surface area contributed by atoms with Gasteiger partial charge in [-0.15, -0.1) is 0 Å². The van der Waals surface area contributed by atoms with Gasteiger partial charge in [0.15, 0.2) is 0 Å². The molecule has 0 spiro atoms. The summed E-state index contributed by atoms with van der Waals surface area (Å²) < 4.78 is 0. The van der Waals surface area contributed by atoms with E-state index < -0.39 is 12.0 Å². The van der Waals surface area contributed by atoms with Gasteiger partial charge in [-0.3, -0.25) is 4.79 Å². The van der Waals surface area contributed by atoms with Gasteiger partial charge >= 0.3 is 5.97 Å². The molecule has 1 amide bonds. The van der Waals surface area contributed by atoms with Crippen molar-refractivity contribution < 1.29 is 14.7 Å². The Labute approximate surface area is 100 Å². The first-order valence-corrected chi connectivity index (χ1v) is 6.92.